The van der Waals surface area contributed by atoms with E-state index in [4.69, 9.17) is 9.72 Å². The molecule has 5 heteroatoms. The highest BCUT2D eigenvalue weighted by atomic mass is 19.1. The third kappa shape index (κ3) is 5.11. The van der Waals surface area contributed by atoms with E-state index in [0.717, 1.165) is 46.3 Å². The maximum atomic E-state index is 13.8. The van der Waals surface area contributed by atoms with Gasteiger partial charge in [0, 0.05) is 17.5 Å². The van der Waals surface area contributed by atoms with Crippen LogP contribution in [0.3, 0.4) is 0 Å². The smallest absolute Gasteiger partial charge is 0.252 e. The summed E-state index contributed by atoms with van der Waals surface area (Å²) in [5.74, 6) is 0.286. The van der Waals surface area contributed by atoms with E-state index in [0.29, 0.717) is 11.1 Å². The van der Waals surface area contributed by atoms with Gasteiger partial charge < -0.3 is 10.1 Å². The Balaban J connectivity index is 1.62. The molecule has 0 spiro atoms. The van der Waals surface area contributed by atoms with Crippen LogP contribution >= 0.6 is 0 Å². The Kier molecular flexibility index (Phi) is 6.99. The normalized spacial score (nSPS) is 13.9. The second-order valence-electron chi connectivity index (χ2n) is 9.79. The quantitative estimate of drug-likeness (QED) is 0.298. The first-order valence-electron chi connectivity index (χ1n) is 12.7. The molecule has 0 radical (unpaired) electrons. The average Bonchev–Trinajstić information content (AvgIpc) is 3.39. The van der Waals surface area contributed by atoms with Crippen LogP contribution in [0.15, 0.2) is 72.8 Å². The Bertz CT molecular complexity index is 1380. The molecule has 1 heterocycles. The van der Waals surface area contributed by atoms with Crippen molar-refractivity contribution in [2.24, 2.45) is 0 Å². The Morgan fingerprint density at radius 1 is 1.03 bits per heavy atom. The fraction of sp³-hybridized carbons (Fsp3) is 0.290. The summed E-state index contributed by atoms with van der Waals surface area (Å²) < 4.78 is 20.0. The zero-order valence-corrected chi connectivity index (χ0v) is 20.8. The number of hydrogen-bond donors (Lipinski definition) is 1. The molecule has 0 saturated heterocycles. The van der Waals surface area contributed by atoms with Gasteiger partial charge in [0.25, 0.3) is 5.91 Å². The number of hydrogen-bond acceptors (Lipinski definition) is 3. The van der Waals surface area contributed by atoms with Crippen molar-refractivity contribution in [2.45, 2.75) is 58.1 Å². The van der Waals surface area contributed by atoms with Gasteiger partial charge in [-0.3, -0.25) is 4.79 Å². The van der Waals surface area contributed by atoms with Gasteiger partial charge in [0.2, 0.25) is 0 Å². The maximum absolute atomic E-state index is 13.8. The molecule has 1 aliphatic rings. The summed E-state index contributed by atoms with van der Waals surface area (Å²) in [5, 5.41) is 3.80. The van der Waals surface area contributed by atoms with Gasteiger partial charge in [0.05, 0.1) is 22.9 Å². The van der Waals surface area contributed by atoms with E-state index in [9.17, 15) is 9.18 Å². The van der Waals surface area contributed by atoms with Crippen molar-refractivity contribution in [3.8, 4) is 17.0 Å². The number of halogens is 1. The van der Waals surface area contributed by atoms with Crippen molar-refractivity contribution in [1.82, 2.24) is 10.3 Å². The number of carbonyl (C=O) groups is 1. The maximum Gasteiger partial charge on any atom is 0.252 e. The molecule has 0 unspecified atom stereocenters. The zero-order valence-electron chi connectivity index (χ0n) is 20.8. The molecule has 3 aromatic carbocycles. The molecule has 1 aliphatic carbocycles. The number of rotatable bonds is 7. The molecule has 5 rings (SSSR count). The summed E-state index contributed by atoms with van der Waals surface area (Å²) in [5.41, 5.74) is 4.71. The Morgan fingerprint density at radius 3 is 2.53 bits per heavy atom. The number of benzene rings is 3. The van der Waals surface area contributed by atoms with Crippen LogP contribution in [0, 0.1) is 5.82 Å². The summed E-state index contributed by atoms with van der Waals surface area (Å²) in [4.78, 5) is 18.8. The van der Waals surface area contributed by atoms with Crippen LogP contribution in [0.2, 0.25) is 0 Å². The lowest BCUT2D eigenvalue weighted by Crippen LogP contribution is -2.25. The minimum absolute atomic E-state index is 0.0476. The van der Waals surface area contributed by atoms with E-state index < -0.39 is 0 Å². The first-order chi connectivity index (χ1) is 17.5. The van der Waals surface area contributed by atoms with Crippen LogP contribution in [0.25, 0.3) is 22.2 Å². The molecule has 36 heavy (non-hydrogen) atoms. The number of nitrogens with one attached hydrogen (secondary N) is 1. The molecule has 1 saturated carbocycles. The van der Waals surface area contributed by atoms with Gasteiger partial charge in [-0.15, -0.1) is 0 Å². The van der Waals surface area contributed by atoms with Crippen molar-refractivity contribution in [3.05, 3.63) is 95.3 Å². The highest BCUT2D eigenvalue weighted by Gasteiger charge is 2.24. The largest absolute Gasteiger partial charge is 0.490 e. The van der Waals surface area contributed by atoms with Gasteiger partial charge in [-0.2, -0.15) is 0 Å². The van der Waals surface area contributed by atoms with Gasteiger partial charge in [0.15, 0.2) is 0 Å². The molecule has 1 amide bonds. The van der Waals surface area contributed by atoms with Gasteiger partial charge in [-0.25, -0.2) is 9.37 Å². The SMILES string of the molecule is CC(C)c1c(-c2ccccc2)nc2ccc(OC3CCCC3)cc2c1C(=O)NCc1cccc(F)c1. The fourth-order valence-corrected chi connectivity index (χ4v) is 5.07. The monoisotopic (exact) mass is 482 g/mol. The molecular weight excluding hydrogens is 451 g/mol. The molecule has 4 nitrogen and oxygen atoms in total. The third-order valence-electron chi connectivity index (χ3n) is 6.79. The third-order valence-corrected chi connectivity index (χ3v) is 6.79. The van der Waals surface area contributed by atoms with E-state index in [-0.39, 0.29) is 30.3 Å². The summed E-state index contributed by atoms with van der Waals surface area (Å²) in [6.45, 7) is 4.39. The predicted molar refractivity (Wildman–Crippen MR) is 142 cm³/mol. The minimum atomic E-state index is -0.320. The number of amides is 1. The van der Waals surface area contributed by atoms with Crippen molar-refractivity contribution < 1.29 is 13.9 Å². The van der Waals surface area contributed by atoms with Crippen LogP contribution < -0.4 is 10.1 Å². The highest BCUT2D eigenvalue weighted by Crippen LogP contribution is 2.37. The topological polar surface area (TPSA) is 51.2 Å². The van der Waals surface area contributed by atoms with Crippen LogP contribution in [-0.2, 0) is 6.54 Å². The lowest BCUT2D eigenvalue weighted by atomic mass is 9.89. The van der Waals surface area contributed by atoms with E-state index in [1.807, 2.05) is 48.5 Å². The van der Waals surface area contributed by atoms with Crippen molar-refractivity contribution in [2.75, 3.05) is 0 Å². The summed E-state index contributed by atoms with van der Waals surface area (Å²) in [7, 11) is 0. The molecule has 4 aromatic rings. The molecule has 1 N–H and O–H groups in total. The van der Waals surface area contributed by atoms with Crippen molar-refractivity contribution in [3.63, 3.8) is 0 Å². The van der Waals surface area contributed by atoms with E-state index in [1.54, 1.807) is 12.1 Å². The number of ether oxygens (including phenoxy) is 1. The van der Waals surface area contributed by atoms with E-state index in [1.165, 1.54) is 25.0 Å². The highest BCUT2D eigenvalue weighted by molar-refractivity contribution is 6.09. The lowest BCUT2D eigenvalue weighted by molar-refractivity contribution is 0.0951. The second kappa shape index (κ2) is 10.5. The van der Waals surface area contributed by atoms with Crippen LogP contribution in [0.5, 0.6) is 5.75 Å². The minimum Gasteiger partial charge on any atom is -0.490 e. The van der Waals surface area contributed by atoms with E-state index >= 15 is 0 Å². The molecule has 0 aliphatic heterocycles. The van der Waals surface area contributed by atoms with Gasteiger partial charge in [0.1, 0.15) is 11.6 Å². The van der Waals surface area contributed by atoms with Gasteiger partial charge >= 0.3 is 0 Å². The first kappa shape index (κ1) is 24.0. The molecule has 0 atom stereocenters. The number of pyridine rings is 1. The first-order valence-corrected chi connectivity index (χ1v) is 12.7. The Morgan fingerprint density at radius 2 is 1.81 bits per heavy atom. The lowest BCUT2D eigenvalue weighted by Gasteiger charge is -2.21. The van der Waals surface area contributed by atoms with Crippen molar-refractivity contribution >= 4 is 16.8 Å². The Hall–Kier alpha value is -3.73. The standard InChI is InChI=1S/C31H31FN2O2/c1-20(2)28-29(31(35)33-19-21-9-8-12-23(32)17-21)26-18-25(36-24-13-6-7-14-24)15-16-27(26)34-30(28)22-10-4-3-5-11-22/h3-5,8-12,15-18,20,24H,6-7,13-14,19H2,1-2H3,(H,33,35). The molecular formula is C31H31FN2O2. The number of fused-ring (bicyclic) bond motifs is 1. The zero-order chi connectivity index (χ0) is 25.1. The summed E-state index contributed by atoms with van der Waals surface area (Å²) in [6.07, 6.45) is 4.70. The van der Waals surface area contributed by atoms with E-state index in [2.05, 4.69) is 19.2 Å². The molecule has 0 bridgehead atoms. The summed E-state index contributed by atoms with van der Waals surface area (Å²) in [6, 6.07) is 22.1. The van der Waals surface area contributed by atoms with Crippen LogP contribution in [-0.4, -0.2) is 17.0 Å². The number of aromatic nitrogens is 1. The molecule has 184 valence electrons. The second-order valence-corrected chi connectivity index (χ2v) is 9.79. The Labute approximate surface area is 211 Å². The fourth-order valence-electron chi connectivity index (χ4n) is 5.07. The summed E-state index contributed by atoms with van der Waals surface area (Å²) >= 11 is 0. The van der Waals surface area contributed by atoms with Gasteiger partial charge in [-0.05, 0) is 73.1 Å². The predicted octanol–water partition coefficient (Wildman–Crippen LogP) is 7.42. The average molecular weight is 483 g/mol. The van der Waals surface area contributed by atoms with Crippen molar-refractivity contribution in [1.29, 1.82) is 0 Å². The van der Waals surface area contributed by atoms with Crippen LogP contribution in [0.1, 0.15) is 66.9 Å². The number of carbonyl (C=O) groups excluding carboxylic acids is 1. The molecule has 1 fully saturated rings. The molecule has 1 aromatic heterocycles. The number of nitrogens with zero attached hydrogens (tertiary/aromatic N) is 1. The van der Waals surface area contributed by atoms with Crippen LogP contribution in [0.4, 0.5) is 4.39 Å². The van der Waals surface area contributed by atoms with Gasteiger partial charge in [-0.1, -0.05) is 56.3 Å².